The second kappa shape index (κ2) is 6.21. The van der Waals surface area contributed by atoms with E-state index in [1.165, 1.54) is 11.8 Å². The molecule has 0 aliphatic carbocycles. The van der Waals surface area contributed by atoms with Crippen molar-refractivity contribution in [3.05, 3.63) is 59.3 Å². The van der Waals surface area contributed by atoms with Crippen LogP contribution in [-0.4, -0.2) is 40.7 Å². The molecule has 23 heavy (non-hydrogen) atoms. The molecule has 2 heterocycles. The highest BCUT2D eigenvalue weighted by Crippen LogP contribution is 2.23. The van der Waals surface area contributed by atoms with Gasteiger partial charge in [0.2, 0.25) is 0 Å². The molecule has 2 amide bonds. The summed E-state index contributed by atoms with van der Waals surface area (Å²) in [5, 5.41) is 0.528. The molecule has 7 heteroatoms. The third-order valence-electron chi connectivity index (χ3n) is 3.39. The number of amides is 2. The minimum atomic E-state index is -0.626. The number of esters is 1. The van der Waals surface area contributed by atoms with Gasteiger partial charge in [-0.2, -0.15) is 0 Å². The van der Waals surface area contributed by atoms with Crippen molar-refractivity contribution in [3.8, 4) is 0 Å². The van der Waals surface area contributed by atoms with Gasteiger partial charge in [0.25, 0.3) is 11.8 Å². The molecule has 0 bridgehead atoms. The Morgan fingerprint density at radius 1 is 1.13 bits per heavy atom. The van der Waals surface area contributed by atoms with Crippen LogP contribution in [0.1, 0.15) is 31.1 Å². The Hall–Kier alpha value is -2.67. The normalized spacial score (nSPS) is 13.2. The predicted molar refractivity (Wildman–Crippen MR) is 83.2 cm³/mol. The van der Waals surface area contributed by atoms with Gasteiger partial charge >= 0.3 is 5.97 Å². The lowest BCUT2D eigenvalue weighted by molar-refractivity contribution is 0.0225. The fraction of sp³-hybridized carbons (Fsp3) is 0.125. The molecular formula is C16H12N2O4S. The van der Waals surface area contributed by atoms with Gasteiger partial charge in [0.05, 0.1) is 16.7 Å². The average Bonchev–Trinajstić information content (AvgIpc) is 2.84. The number of carbonyl (C=O) groups excluding carboxylic acids is 3. The van der Waals surface area contributed by atoms with Crippen LogP contribution in [0.15, 0.2) is 47.6 Å². The van der Waals surface area contributed by atoms with Crippen LogP contribution in [0.5, 0.6) is 0 Å². The van der Waals surface area contributed by atoms with Crippen LogP contribution >= 0.6 is 11.8 Å². The summed E-state index contributed by atoms with van der Waals surface area (Å²) < 4.78 is 5.12. The predicted octanol–water partition coefficient (Wildman–Crippen LogP) is 2.21. The number of benzene rings is 1. The van der Waals surface area contributed by atoms with E-state index in [1.54, 1.807) is 48.9 Å². The summed E-state index contributed by atoms with van der Waals surface area (Å²) in [4.78, 5) is 41.5. The number of thioether (sulfide) groups is 1. The first-order valence-corrected chi connectivity index (χ1v) is 7.97. The molecule has 1 aliphatic rings. The molecule has 0 radical (unpaired) electrons. The lowest BCUT2D eigenvalue weighted by atomic mass is 10.1. The third kappa shape index (κ3) is 2.70. The number of fused-ring (bicyclic) bond motifs is 1. The van der Waals surface area contributed by atoms with Crippen molar-refractivity contribution >= 4 is 29.5 Å². The summed E-state index contributed by atoms with van der Waals surface area (Å²) in [6.07, 6.45) is 3.37. The van der Waals surface area contributed by atoms with Crippen LogP contribution in [0.2, 0.25) is 0 Å². The summed E-state index contributed by atoms with van der Waals surface area (Å²) in [7, 11) is 0. The number of aromatic nitrogens is 1. The molecule has 6 nitrogen and oxygen atoms in total. The number of carbonyl (C=O) groups is 3. The van der Waals surface area contributed by atoms with E-state index in [0.717, 1.165) is 4.90 Å². The Bertz CT molecular complexity index is 771. The molecule has 1 aliphatic heterocycles. The maximum Gasteiger partial charge on any atom is 0.342 e. The summed E-state index contributed by atoms with van der Waals surface area (Å²) in [5.41, 5.74) is 0.941. The Morgan fingerprint density at radius 2 is 1.78 bits per heavy atom. The van der Waals surface area contributed by atoms with Crippen molar-refractivity contribution in [1.29, 1.82) is 0 Å². The standard InChI is InChI=1S/C16H12N2O4S/c1-23-13-12(7-4-8-17-13)16(21)22-9-18-14(19)10-5-2-3-6-11(10)15(18)20/h2-8H,9H2,1H3. The first-order chi connectivity index (χ1) is 11.1. The molecule has 0 atom stereocenters. The molecule has 0 saturated heterocycles. The van der Waals surface area contributed by atoms with Crippen molar-refractivity contribution in [2.75, 3.05) is 13.0 Å². The highest BCUT2D eigenvalue weighted by atomic mass is 32.2. The molecule has 0 fully saturated rings. The minimum absolute atomic E-state index is 0.302. The van der Waals surface area contributed by atoms with Crippen molar-refractivity contribution in [3.63, 3.8) is 0 Å². The van der Waals surface area contributed by atoms with Crippen molar-refractivity contribution in [1.82, 2.24) is 9.88 Å². The second-order valence-electron chi connectivity index (χ2n) is 4.71. The molecule has 1 aromatic carbocycles. The van der Waals surface area contributed by atoms with Crippen LogP contribution in [-0.2, 0) is 4.74 Å². The molecule has 0 unspecified atom stereocenters. The van der Waals surface area contributed by atoms with Crippen molar-refractivity contribution in [2.45, 2.75) is 5.03 Å². The van der Waals surface area contributed by atoms with Crippen LogP contribution in [0.3, 0.4) is 0 Å². The lowest BCUT2D eigenvalue weighted by Gasteiger charge is -2.14. The van der Waals surface area contributed by atoms with Gasteiger partial charge in [-0.25, -0.2) is 14.7 Å². The van der Waals surface area contributed by atoms with Crippen LogP contribution in [0.25, 0.3) is 0 Å². The maximum absolute atomic E-state index is 12.2. The van der Waals surface area contributed by atoms with Crippen LogP contribution < -0.4 is 0 Å². The smallest absolute Gasteiger partial charge is 0.342 e. The number of imide groups is 1. The lowest BCUT2D eigenvalue weighted by Crippen LogP contribution is -2.33. The molecule has 3 rings (SSSR count). The number of nitrogens with zero attached hydrogens (tertiary/aromatic N) is 2. The Morgan fingerprint density at radius 3 is 2.39 bits per heavy atom. The van der Waals surface area contributed by atoms with Gasteiger partial charge in [-0.1, -0.05) is 12.1 Å². The first-order valence-electron chi connectivity index (χ1n) is 6.75. The Labute approximate surface area is 136 Å². The third-order valence-corrected chi connectivity index (χ3v) is 4.10. The molecule has 0 saturated carbocycles. The zero-order valence-electron chi connectivity index (χ0n) is 12.2. The second-order valence-corrected chi connectivity index (χ2v) is 5.50. The maximum atomic E-state index is 12.2. The van der Waals surface area contributed by atoms with E-state index in [-0.39, 0.29) is 0 Å². The largest absolute Gasteiger partial charge is 0.440 e. The van der Waals surface area contributed by atoms with Crippen molar-refractivity contribution < 1.29 is 19.1 Å². The molecule has 0 spiro atoms. The van der Waals surface area contributed by atoms with E-state index < -0.39 is 24.5 Å². The Kier molecular flexibility index (Phi) is 4.12. The highest BCUT2D eigenvalue weighted by molar-refractivity contribution is 7.98. The summed E-state index contributed by atoms with van der Waals surface area (Å²) in [6.45, 7) is -0.423. The van der Waals surface area contributed by atoms with Crippen LogP contribution in [0, 0.1) is 0 Å². The van der Waals surface area contributed by atoms with Gasteiger partial charge in [0.15, 0.2) is 6.73 Å². The van der Waals surface area contributed by atoms with E-state index >= 15 is 0 Å². The van der Waals surface area contributed by atoms with E-state index in [9.17, 15) is 14.4 Å². The first kappa shape index (κ1) is 15.2. The fourth-order valence-electron chi connectivity index (χ4n) is 2.27. The van der Waals surface area contributed by atoms with E-state index in [0.29, 0.717) is 21.7 Å². The van der Waals surface area contributed by atoms with E-state index in [1.807, 2.05) is 0 Å². The number of hydrogen-bond donors (Lipinski definition) is 0. The zero-order chi connectivity index (χ0) is 16.4. The fourth-order valence-corrected chi connectivity index (χ4v) is 2.80. The van der Waals surface area contributed by atoms with Gasteiger partial charge in [0, 0.05) is 6.20 Å². The van der Waals surface area contributed by atoms with Crippen molar-refractivity contribution in [2.24, 2.45) is 0 Å². The van der Waals surface area contributed by atoms with Gasteiger partial charge in [-0.05, 0) is 30.5 Å². The molecule has 1 aromatic heterocycles. The number of pyridine rings is 1. The number of ether oxygens (including phenoxy) is 1. The van der Waals surface area contributed by atoms with E-state index in [2.05, 4.69) is 4.98 Å². The monoisotopic (exact) mass is 328 g/mol. The van der Waals surface area contributed by atoms with Gasteiger partial charge in [0.1, 0.15) is 5.03 Å². The number of rotatable bonds is 4. The topological polar surface area (TPSA) is 76.6 Å². The van der Waals surface area contributed by atoms with Crippen LogP contribution in [0.4, 0.5) is 0 Å². The summed E-state index contributed by atoms with van der Waals surface area (Å²) >= 11 is 1.31. The zero-order valence-corrected chi connectivity index (χ0v) is 13.0. The molecule has 116 valence electrons. The number of hydrogen-bond acceptors (Lipinski definition) is 6. The van der Waals surface area contributed by atoms with Gasteiger partial charge < -0.3 is 4.74 Å². The quantitative estimate of drug-likeness (QED) is 0.486. The molecular weight excluding hydrogens is 316 g/mol. The SMILES string of the molecule is CSc1ncccc1C(=O)OCN1C(=O)c2ccccc2C1=O. The van der Waals surface area contributed by atoms with Gasteiger partial charge in [-0.3, -0.25) is 9.59 Å². The minimum Gasteiger partial charge on any atom is -0.440 e. The summed E-state index contributed by atoms with van der Waals surface area (Å²) in [6, 6.07) is 9.72. The molecule has 0 N–H and O–H groups in total. The van der Waals surface area contributed by atoms with Gasteiger partial charge in [-0.15, -0.1) is 11.8 Å². The Balaban J connectivity index is 1.73. The highest BCUT2D eigenvalue weighted by Gasteiger charge is 2.35. The summed E-state index contributed by atoms with van der Waals surface area (Å²) in [5.74, 6) is -1.55. The average molecular weight is 328 g/mol. The molecule has 2 aromatic rings. The van der Waals surface area contributed by atoms with E-state index in [4.69, 9.17) is 4.74 Å².